The van der Waals surface area contributed by atoms with Crippen molar-refractivity contribution >= 4 is 29.1 Å². The van der Waals surface area contributed by atoms with Crippen LogP contribution in [-0.2, 0) is 4.79 Å². The first-order valence-corrected chi connectivity index (χ1v) is 7.13. The Morgan fingerprint density at radius 1 is 1.29 bits per heavy atom. The summed E-state index contributed by atoms with van der Waals surface area (Å²) in [4.78, 5) is 14.1. The largest absolute Gasteiger partial charge is 0.342 e. The summed E-state index contributed by atoms with van der Waals surface area (Å²) in [5.41, 5.74) is 0. The third-order valence-corrected chi connectivity index (χ3v) is 5.30. The molecule has 3 atom stereocenters. The van der Waals surface area contributed by atoms with Crippen LogP contribution in [0.4, 0.5) is 0 Å². The normalized spacial score (nSPS) is 42.3. The van der Waals surface area contributed by atoms with Crippen LogP contribution in [0.25, 0.3) is 0 Å². The number of nitrogens with zero attached hydrogens (tertiary/aromatic N) is 1. The smallest absolute Gasteiger partial charge is 0.228 e. The van der Waals surface area contributed by atoms with Crippen LogP contribution in [0, 0.1) is 5.92 Å². The number of nitrogens with one attached hydrogen (secondary N) is 1. The lowest BCUT2D eigenvalue weighted by atomic mass is 9.98. The molecule has 2 bridgehead atoms. The molecular weight excluding hydrogens is 259 g/mol. The fourth-order valence-corrected chi connectivity index (χ4v) is 3.75. The molecule has 3 fully saturated rings. The van der Waals surface area contributed by atoms with Crippen LogP contribution in [0.5, 0.6) is 0 Å². The van der Waals surface area contributed by atoms with Gasteiger partial charge < -0.3 is 10.2 Å². The van der Waals surface area contributed by atoms with E-state index in [2.05, 4.69) is 5.32 Å². The predicted octanol–water partition coefficient (Wildman–Crippen LogP) is 1.92. The van der Waals surface area contributed by atoms with E-state index >= 15 is 0 Å². The van der Waals surface area contributed by atoms with E-state index in [1.807, 2.05) is 11.9 Å². The summed E-state index contributed by atoms with van der Waals surface area (Å²) in [6, 6.07) is 1.57. The Labute approximate surface area is 112 Å². The zero-order chi connectivity index (χ0) is 12.2. The Hall–Kier alpha value is 0.01000. The van der Waals surface area contributed by atoms with Gasteiger partial charge in [0.25, 0.3) is 0 Å². The maximum atomic E-state index is 12.2. The van der Waals surface area contributed by atoms with Crippen molar-refractivity contribution in [1.29, 1.82) is 0 Å². The monoisotopic (exact) mass is 276 g/mol. The van der Waals surface area contributed by atoms with Gasteiger partial charge in [0.15, 0.2) is 0 Å². The van der Waals surface area contributed by atoms with E-state index in [9.17, 15) is 4.79 Å². The zero-order valence-electron chi connectivity index (χ0n) is 9.96. The van der Waals surface area contributed by atoms with Crippen LogP contribution in [0.1, 0.15) is 32.1 Å². The number of carbonyl (C=O) groups is 1. The summed E-state index contributed by atoms with van der Waals surface area (Å²) in [6.07, 6.45) is 5.26. The summed E-state index contributed by atoms with van der Waals surface area (Å²) in [6.45, 7) is 0. The second-order valence-corrected chi connectivity index (χ2v) is 7.27. The third-order valence-electron chi connectivity index (χ3n) is 4.47. The van der Waals surface area contributed by atoms with Gasteiger partial charge in [-0.05, 0) is 32.1 Å². The highest BCUT2D eigenvalue weighted by molar-refractivity contribution is 6.52. The average Bonchev–Trinajstić information content (AvgIpc) is 2.80. The van der Waals surface area contributed by atoms with E-state index in [1.165, 1.54) is 12.8 Å². The molecule has 2 heterocycles. The lowest BCUT2D eigenvalue weighted by Crippen LogP contribution is -2.49. The van der Waals surface area contributed by atoms with Crippen molar-refractivity contribution in [2.45, 2.75) is 54.6 Å². The number of amides is 1. The maximum Gasteiger partial charge on any atom is 0.228 e. The summed E-state index contributed by atoms with van der Waals surface area (Å²) in [7, 11) is 1.90. The summed E-state index contributed by atoms with van der Waals surface area (Å²) in [5, 5.41) is 3.59. The van der Waals surface area contributed by atoms with E-state index in [1.54, 1.807) is 0 Å². The molecule has 3 rings (SSSR count). The lowest BCUT2D eigenvalue weighted by molar-refractivity contribution is -0.134. The van der Waals surface area contributed by atoms with E-state index in [-0.39, 0.29) is 11.8 Å². The predicted molar refractivity (Wildman–Crippen MR) is 68.3 cm³/mol. The Morgan fingerprint density at radius 2 is 1.82 bits per heavy atom. The molecule has 1 saturated carbocycles. The number of piperidine rings is 1. The highest BCUT2D eigenvalue weighted by atomic mass is 35.5. The lowest BCUT2D eigenvalue weighted by Gasteiger charge is -2.35. The Morgan fingerprint density at radius 3 is 2.29 bits per heavy atom. The molecule has 96 valence electrons. The molecule has 1 amide bonds. The molecule has 0 aromatic carbocycles. The van der Waals surface area contributed by atoms with E-state index < -0.39 is 4.33 Å². The molecule has 3 aliphatic rings. The topological polar surface area (TPSA) is 32.3 Å². The standard InChI is InChI=1S/C12H18Cl2N2O/c1-16(11(17)10-6-12(10,13)14)9-4-7-2-3-8(5-9)15-7/h7-10,15H,2-6H2,1H3/t7-,8-,10+/m0/s1. The highest BCUT2D eigenvalue weighted by Gasteiger charge is 2.57. The molecule has 0 radical (unpaired) electrons. The van der Waals surface area contributed by atoms with Crippen LogP contribution in [0.3, 0.4) is 0 Å². The van der Waals surface area contributed by atoms with Crippen LogP contribution in [0.2, 0.25) is 0 Å². The van der Waals surface area contributed by atoms with Crippen molar-refractivity contribution in [3.8, 4) is 0 Å². The second kappa shape index (κ2) is 4.01. The van der Waals surface area contributed by atoms with Gasteiger partial charge in [0.1, 0.15) is 4.33 Å². The van der Waals surface area contributed by atoms with Gasteiger partial charge in [-0.2, -0.15) is 0 Å². The molecule has 0 aromatic rings. The molecular formula is C12H18Cl2N2O. The summed E-state index contributed by atoms with van der Waals surface area (Å²) < 4.78 is -0.794. The maximum absolute atomic E-state index is 12.2. The number of halogens is 2. The van der Waals surface area contributed by atoms with Crippen molar-refractivity contribution in [2.24, 2.45) is 5.92 Å². The van der Waals surface area contributed by atoms with Crippen LogP contribution < -0.4 is 5.32 Å². The first kappa shape index (κ1) is 12.1. The molecule has 0 aromatic heterocycles. The van der Waals surface area contributed by atoms with Gasteiger partial charge in [-0.15, -0.1) is 23.2 Å². The number of carbonyl (C=O) groups excluding carboxylic acids is 1. The fourth-order valence-electron chi connectivity index (χ4n) is 3.25. The molecule has 0 unspecified atom stereocenters. The molecule has 1 aliphatic carbocycles. The zero-order valence-corrected chi connectivity index (χ0v) is 11.5. The van der Waals surface area contributed by atoms with Crippen LogP contribution in [0.15, 0.2) is 0 Å². The van der Waals surface area contributed by atoms with Crippen LogP contribution in [-0.4, -0.2) is 40.3 Å². The number of rotatable bonds is 2. The van der Waals surface area contributed by atoms with E-state index in [0.29, 0.717) is 24.5 Å². The Balaban J connectivity index is 1.63. The fraction of sp³-hybridized carbons (Fsp3) is 0.917. The van der Waals surface area contributed by atoms with Crippen molar-refractivity contribution in [3.63, 3.8) is 0 Å². The van der Waals surface area contributed by atoms with Crippen molar-refractivity contribution in [3.05, 3.63) is 0 Å². The molecule has 2 saturated heterocycles. The third kappa shape index (κ3) is 2.18. The van der Waals surface area contributed by atoms with Crippen LogP contribution >= 0.6 is 23.2 Å². The molecule has 5 heteroatoms. The quantitative estimate of drug-likeness (QED) is 0.782. The summed E-state index contributed by atoms with van der Waals surface area (Å²) >= 11 is 11.9. The summed E-state index contributed by atoms with van der Waals surface area (Å²) in [5.74, 6) is -0.0512. The average molecular weight is 277 g/mol. The Bertz CT molecular complexity index is 335. The minimum atomic E-state index is -0.794. The van der Waals surface area contributed by atoms with Gasteiger partial charge in [-0.3, -0.25) is 4.79 Å². The number of alkyl halides is 2. The van der Waals surface area contributed by atoms with E-state index in [4.69, 9.17) is 23.2 Å². The second-order valence-electron chi connectivity index (χ2n) is 5.73. The van der Waals surface area contributed by atoms with Crippen molar-refractivity contribution in [1.82, 2.24) is 10.2 Å². The number of hydrogen-bond donors (Lipinski definition) is 1. The first-order valence-electron chi connectivity index (χ1n) is 6.38. The molecule has 2 aliphatic heterocycles. The highest BCUT2D eigenvalue weighted by Crippen LogP contribution is 2.54. The molecule has 17 heavy (non-hydrogen) atoms. The Kier molecular flexibility index (Phi) is 2.84. The minimum Gasteiger partial charge on any atom is -0.342 e. The van der Waals surface area contributed by atoms with Crippen molar-refractivity contribution in [2.75, 3.05) is 7.05 Å². The van der Waals surface area contributed by atoms with Gasteiger partial charge in [-0.25, -0.2) is 0 Å². The van der Waals surface area contributed by atoms with E-state index in [0.717, 1.165) is 12.8 Å². The SMILES string of the molecule is CN(C(=O)[C@H]1CC1(Cl)Cl)C1C[C@@H]2CC[C@@H](C1)N2. The number of hydrogen-bond acceptors (Lipinski definition) is 2. The van der Waals surface area contributed by atoms with Gasteiger partial charge in [0.2, 0.25) is 5.91 Å². The van der Waals surface area contributed by atoms with Crippen molar-refractivity contribution < 1.29 is 4.79 Å². The van der Waals surface area contributed by atoms with Gasteiger partial charge in [0, 0.05) is 25.2 Å². The van der Waals surface area contributed by atoms with Gasteiger partial charge in [0.05, 0.1) is 5.92 Å². The van der Waals surface area contributed by atoms with Gasteiger partial charge in [-0.1, -0.05) is 0 Å². The molecule has 0 spiro atoms. The molecule has 3 nitrogen and oxygen atoms in total. The molecule has 1 N–H and O–H groups in total. The number of fused-ring (bicyclic) bond motifs is 2. The minimum absolute atomic E-state index is 0.126. The first-order chi connectivity index (χ1) is 7.97. The van der Waals surface area contributed by atoms with Gasteiger partial charge >= 0.3 is 0 Å².